The number of rotatable bonds is 7. The van der Waals surface area contributed by atoms with E-state index in [9.17, 15) is 5.11 Å². The van der Waals surface area contributed by atoms with Gasteiger partial charge >= 0.3 is 0 Å². The van der Waals surface area contributed by atoms with Gasteiger partial charge in [0.1, 0.15) is 6.10 Å². The van der Waals surface area contributed by atoms with Gasteiger partial charge in [-0.2, -0.15) is 5.11 Å². The van der Waals surface area contributed by atoms with Gasteiger partial charge < -0.3 is 9.47 Å². The lowest BCUT2D eigenvalue weighted by molar-refractivity contribution is -0.325. The Bertz CT molecular complexity index is 239. The highest BCUT2D eigenvalue weighted by atomic mass is 16.7. The molecule has 0 aromatic carbocycles. The summed E-state index contributed by atoms with van der Waals surface area (Å²) in [6, 6.07) is 0. The summed E-state index contributed by atoms with van der Waals surface area (Å²) >= 11 is 0. The lowest BCUT2D eigenvalue weighted by atomic mass is 9.98. The van der Waals surface area contributed by atoms with E-state index in [1.807, 2.05) is 27.7 Å². The van der Waals surface area contributed by atoms with Crippen LogP contribution >= 0.6 is 0 Å². The molecule has 0 aliphatic rings. The second-order valence-electron chi connectivity index (χ2n) is 7.00. The third kappa shape index (κ3) is 6.72. The van der Waals surface area contributed by atoms with E-state index in [0.717, 1.165) is 6.42 Å². The predicted molar refractivity (Wildman–Crippen MR) is 74.0 cm³/mol. The van der Waals surface area contributed by atoms with E-state index in [2.05, 4.69) is 20.8 Å². The lowest BCUT2D eigenvalue weighted by Gasteiger charge is -2.38. The average molecular weight is 259 g/mol. The van der Waals surface area contributed by atoms with E-state index in [4.69, 9.17) is 9.47 Å². The highest BCUT2D eigenvalue weighted by Crippen LogP contribution is 2.28. The molecule has 0 aliphatic heterocycles. The van der Waals surface area contributed by atoms with Crippen molar-refractivity contribution in [1.82, 2.24) is 0 Å². The first-order chi connectivity index (χ1) is 7.93. The Labute approximate surface area is 113 Å². The molecule has 0 rings (SSSR count). The fourth-order valence-electron chi connectivity index (χ4n) is 1.68. The largest absolute Gasteiger partial charge is 0.372 e. The smallest absolute Gasteiger partial charge is 0.225 e. The highest BCUT2D eigenvalue weighted by Gasteiger charge is 2.39. The van der Waals surface area contributed by atoms with Crippen LogP contribution in [0.15, 0.2) is 0 Å². The number of hydrogen-bond donors (Lipinski definition) is 0. The molecule has 0 saturated carbocycles. The SMILES string of the molecule is CCC(OCC(C)(C)C)C(C)([O])OC(C)(C)CC. The van der Waals surface area contributed by atoms with Crippen LogP contribution in [0.25, 0.3) is 0 Å². The molecule has 0 heterocycles. The molecule has 2 atom stereocenters. The van der Waals surface area contributed by atoms with Gasteiger partial charge in [0.2, 0.25) is 5.79 Å². The summed E-state index contributed by atoms with van der Waals surface area (Å²) in [7, 11) is 0. The van der Waals surface area contributed by atoms with Crippen LogP contribution in [0, 0.1) is 5.41 Å². The molecule has 0 aliphatic carbocycles. The van der Waals surface area contributed by atoms with Gasteiger partial charge in [0.05, 0.1) is 12.2 Å². The van der Waals surface area contributed by atoms with E-state index in [-0.39, 0.29) is 5.41 Å². The maximum absolute atomic E-state index is 12.6. The highest BCUT2D eigenvalue weighted by molar-refractivity contribution is 4.79. The second-order valence-corrected chi connectivity index (χ2v) is 7.00. The maximum atomic E-state index is 12.6. The van der Waals surface area contributed by atoms with E-state index in [0.29, 0.717) is 13.0 Å². The molecule has 0 bridgehead atoms. The maximum Gasteiger partial charge on any atom is 0.225 e. The van der Waals surface area contributed by atoms with E-state index >= 15 is 0 Å². The van der Waals surface area contributed by atoms with Crippen LogP contribution in [0.1, 0.15) is 68.2 Å². The van der Waals surface area contributed by atoms with E-state index in [1.54, 1.807) is 6.92 Å². The summed E-state index contributed by atoms with van der Waals surface area (Å²) in [5.41, 5.74) is -0.348. The normalized spacial score (nSPS) is 18.5. The van der Waals surface area contributed by atoms with Gasteiger partial charge in [-0.15, -0.1) is 0 Å². The fraction of sp³-hybridized carbons (Fsp3) is 1.00. The minimum absolute atomic E-state index is 0.0593. The topological polar surface area (TPSA) is 38.4 Å². The quantitative estimate of drug-likeness (QED) is 0.643. The Balaban J connectivity index is 4.61. The summed E-state index contributed by atoms with van der Waals surface area (Å²) in [6.07, 6.45) is 1.05. The van der Waals surface area contributed by atoms with Crippen LogP contribution in [0.4, 0.5) is 0 Å². The summed E-state index contributed by atoms with van der Waals surface area (Å²) in [4.78, 5) is 0. The zero-order valence-electron chi connectivity index (χ0n) is 13.4. The van der Waals surface area contributed by atoms with Crippen LogP contribution in [0.5, 0.6) is 0 Å². The first-order valence-corrected chi connectivity index (χ1v) is 6.95. The van der Waals surface area contributed by atoms with E-state index < -0.39 is 17.5 Å². The zero-order chi connectivity index (χ0) is 14.6. The molecular weight excluding hydrogens is 228 g/mol. The van der Waals surface area contributed by atoms with Crippen molar-refractivity contribution in [2.75, 3.05) is 6.61 Å². The second kappa shape index (κ2) is 6.36. The van der Waals surface area contributed by atoms with E-state index in [1.165, 1.54) is 0 Å². The van der Waals surface area contributed by atoms with Crippen LogP contribution in [-0.4, -0.2) is 24.1 Å². The molecule has 109 valence electrons. The molecule has 0 amide bonds. The summed E-state index contributed by atoms with van der Waals surface area (Å²) in [6.45, 7) is 16.3. The average Bonchev–Trinajstić information content (AvgIpc) is 2.14. The van der Waals surface area contributed by atoms with Crippen molar-refractivity contribution in [1.29, 1.82) is 0 Å². The Kier molecular flexibility index (Phi) is 6.31. The molecule has 0 fully saturated rings. The molecule has 3 nitrogen and oxygen atoms in total. The van der Waals surface area contributed by atoms with Crippen molar-refractivity contribution >= 4 is 0 Å². The van der Waals surface area contributed by atoms with Gasteiger partial charge in [-0.25, -0.2) is 0 Å². The van der Waals surface area contributed by atoms with Gasteiger partial charge in [-0.3, -0.25) is 0 Å². The van der Waals surface area contributed by atoms with Crippen molar-refractivity contribution in [3.8, 4) is 0 Å². The molecule has 2 unspecified atom stereocenters. The van der Waals surface area contributed by atoms with Crippen LogP contribution in [0.2, 0.25) is 0 Å². The van der Waals surface area contributed by atoms with Gasteiger partial charge in [0.15, 0.2) is 0 Å². The first-order valence-electron chi connectivity index (χ1n) is 6.95. The third-order valence-electron chi connectivity index (χ3n) is 3.00. The summed E-state index contributed by atoms with van der Waals surface area (Å²) in [5.74, 6) is -1.50. The number of hydrogen-bond acceptors (Lipinski definition) is 2. The first kappa shape index (κ1) is 17.9. The van der Waals surface area contributed by atoms with Gasteiger partial charge in [0, 0.05) is 0 Å². The minimum atomic E-state index is -1.50. The Morgan fingerprint density at radius 3 is 1.83 bits per heavy atom. The summed E-state index contributed by atoms with van der Waals surface area (Å²) < 4.78 is 11.5. The number of ether oxygens (including phenoxy) is 2. The molecule has 0 aromatic rings. The van der Waals surface area contributed by atoms with Crippen molar-refractivity contribution in [2.24, 2.45) is 5.41 Å². The molecule has 0 N–H and O–H groups in total. The van der Waals surface area contributed by atoms with Crippen molar-refractivity contribution < 1.29 is 14.6 Å². The Morgan fingerprint density at radius 2 is 1.50 bits per heavy atom. The Hall–Kier alpha value is -0.120. The van der Waals surface area contributed by atoms with Gasteiger partial charge in [-0.05, 0) is 39.0 Å². The summed E-state index contributed by atoms with van der Waals surface area (Å²) in [5, 5.41) is 12.6. The molecule has 18 heavy (non-hydrogen) atoms. The molecule has 0 aromatic heterocycles. The lowest BCUT2D eigenvalue weighted by Crippen LogP contribution is -2.48. The van der Waals surface area contributed by atoms with Crippen LogP contribution in [0.3, 0.4) is 0 Å². The van der Waals surface area contributed by atoms with Gasteiger partial charge in [0.25, 0.3) is 0 Å². The molecule has 0 saturated heterocycles. The molecule has 1 radical (unpaired) electrons. The molecular formula is C15H31O3. The van der Waals surface area contributed by atoms with Gasteiger partial charge in [-0.1, -0.05) is 34.6 Å². The predicted octanol–water partition coefficient (Wildman–Crippen LogP) is 4.18. The molecule has 3 heteroatoms. The van der Waals surface area contributed by atoms with Crippen LogP contribution in [-0.2, 0) is 14.6 Å². The Morgan fingerprint density at radius 1 is 1.00 bits per heavy atom. The third-order valence-corrected chi connectivity index (χ3v) is 3.00. The minimum Gasteiger partial charge on any atom is -0.372 e. The van der Waals surface area contributed by atoms with Crippen molar-refractivity contribution in [3.05, 3.63) is 0 Å². The van der Waals surface area contributed by atoms with Crippen molar-refractivity contribution in [2.45, 2.75) is 85.7 Å². The fourth-order valence-corrected chi connectivity index (χ4v) is 1.68. The van der Waals surface area contributed by atoms with Crippen molar-refractivity contribution in [3.63, 3.8) is 0 Å². The standard InChI is InChI=1S/C15H31O3/c1-9-12(17-11-13(3,4)5)15(8,16)18-14(6,7)10-2/h12H,9-11H2,1-8H3. The molecule has 0 spiro atoms. The van der Waals surface area contributed by atoms with Crippen LogP contribution < -0.4 is 0 Å². The monoisotopic (exact) mass is 259 g/mol. The zero-order valence-corrected chi connectivity index (χ0v) is 13.4.